The zero-order chi connectivity index (χ0) is 20.9. The molecule has 3 aromatic rings. The highest BCUT2D eigenvalue weighted by atomic mass is 35.5. The van der Waals surface area contributed by atoms with E-state index in [1.54, 1.807) is 34.2 Å². The molecule has 0 bridgehead atoms. The maximum absolute atomic E-state index is 13.5. The Labute approximate surface area is 176 Å². The summed E-state index contributed by atoms with van der Waals surface area (Å²) in [6, 6.07) is 13.3. The molecule has 4 heterocycles. The van der Waals surface area contributed by atoms with Gasteiger partial charge in [0.15, 0.2) is 0 Å². The molecule has 2 aliphatic heterocycles. The van der Waals surface area contributed by atoms with Gasteiger partial charge in [0, 0.05) is 36.9 Å². The van der Waals surface area contributed by atoms with Crippen LogP contribution < -0.4 is 0 Å². The minimum atomic E-state index is -1.02. The highest BCUT2D eigenvalue weighted by Gasteiger charge is 2.56. The van der Waals surface area contributed by atoms with Crippen molar-refractivity contribution >= 4 is 23.4 Å². The predicted molar refractivity (Wildman–Crippen MR) is 107 cm³/mol. The normalized spacial score (nSPS) is 20.1. The lowest BCUT2D eigenvalue weighted by Gasteiger charge is -2.47. The van der Waals surface area contributed by atoms with E-state index < -0.39 is 11.6 Å². The summed E-state index contributed by atoms with van der Waals surface area (Å²) in [5.41, 5.74) is 1.18. The number of halogens is 2. The highest BCUT2D eigenvalue weighted by molar-refractivity contribution is 6.30. The van der Waals surface area contributed by atoms with E-state index in [-0.39, 0.29) is 17.4 Å². The van der Waals surface area contributed by atoms with Crippen LogP contribution in [0.2, 0.25) is 5.02 Å². The smallest absolute Gasteiger partial charge is 0.274 e. The molecule has 1 saturated heterocycles. The number of carbonyl (C=O) groups excluding carboxylic acids is 2. The summed E-state index contributed by atoms with van der Waals surface area (Å²) in [6.07, 6.45) is 3.20. The van der Waals surface area contributed by atoms with Crippen LogP contribution in [0.15, 0.2) is 60.9 Å². The van der Waals surface area contributed by atoms with E-state index >= 15 is 0 Å². The van der Waals surface area contributed by atoms with Crippen molar-refractivity contribution in [2.75, 3.05) is 13.1 Å². The van der Waals surface area contributed by atoms with Gasteiger partial charge < -0.3 is 9.80 Å². The molecule has 5 rings (SSSR count). The summed E-state index contributed by atoms with van der Waals surface area (Å²) in [4.78, 5) is 38.0. The molecule has 0 N–H and O–H groups in total. The summed E-state index contributed by atoms with van der Waals surface area (Å²) < 4.78 is 13.3. The summed E-state index contributed by atoms with van der Waals surface area (Å²) >= 11 is 6.10. The van der Waals surface area contributed by atoms with Crippen LogP contribution in [0.25, 0.3) is 0 Å². The molecule has 2 aliphatic rings. The molecule has 2 amide bonds. The topological polar surface area (TPSA) is 66.4 Å². The van der Waals surface area contributed by atoms with E-state index in [0.29, 0.717) is 30.2 Å². The number of hydrogen-bond acceptors (Lipinski definition) is 4. The number of fused-ring (bicyclic) bond motifs is 2. The van der Waals surface area contributed by atoms with Gasteiger partial charge in [-0.2, -0.15) is 4.39 Å². The molecule has 150 valence electrons. The number of amides is 2. The van der Waals surface area contributed by atoms with Gasteiger partial charge in [-0.05, 0) is 41.5 Å². The van der Waals surface area contributed by atoms with Crippen LogP contribution in [0.1, 0.15) is 32.0 Å². The van der Waals surface area contributed by atoms with Crippen LogP contribution in [0.3, 0.4) is 0 Å². The first-order valence-electron chi connectivity index (χ1n) is 9.46. The van der Waals surface area contributed by atoms with Gasteiger partial charge in [0.05, 0.1) is 5.56 Å². The first-order chi connectivity index (χ1) is 14.5. The maximum Gasteiger partial charge on any atom is 0.274 e. The van der Waals surface area contributed by atoms with Gasteiger partial charge in [-0.1, -0.05) is 29.8 Å². The largest absolute Gasteiger partial charge is 0.309 e. The third kappa shape index (κ3) is 2.69. The third-order valence-electron chi connectivity index (χ3n) is 5.74. The van der Waals surface area contributed by atoms with Crippen molar-refractivity contribution in [2.24, 2.45) is 0 Å². The fraction of sp³-hybridized carbons (Fsp3) is 0.182. The summed E-state index contributed by atoms with van der Waals surface area (Å²) in [5.74, 6) is -1.20. The zero-order valence-electron chi connectivity index (χ0n) is 15.8. The van der Waals surface area contributed by atoms with Gasteiger partial charge in [-0.25, -0.2) is 4.98 Å². The van der Waals surface area contributed by atoms with Gasteiger partial charge in [0.1, 0.15) is 11.4 Å². The van der Waals surface area contributed by atoms with Gasteiger partial charge in [0.25, 0.3) is 11.8 Å². The molecular formula is C22H16ClFN4O2. The quantitative estimate of drug-likeness (QED) is 0.594. The monoisotopic (exact) mass is 422 g/mol. The predicted octanol–water partition coefficient (Wildman–Crippen LogP) is 3.28. The van der Waals surface area contributed by atoms with Crippen LogP contribution in [0.4, 0.5) is 4.39 Å². The van der Waals surface area contributed by atoms with Gasteiger partial charge in [0.2, 0.25) is 5.95 Å². The van der Waals surface area contributed by atoms with E-state index in [2.05, 4.69) is 9.97 Å². The Morgan fingerprint density at radius 2 is 1.87 bits per heavy atom. The Morgan fingerprint density at radius 3 is 2.60 bits per heavy atom. The molecule has 0 radical (unpaired) electrons. The molecule has 1 atom stereocenters. The molecule has 8 heteroatoms. The highest BCUT2D eigenvalue weighted by Crippen LogP contribution is 2.45. The van der Waals surface area contributed by atoms with Crippen LogP contribution in [0.5, 0.6) is 0 Å². The third-order valence-corrected chi connectivity index (χ3v) is 5.99. The summed E-state index contributed by atoms with van der Waals surface area (Å²) in [6.45, 7) is 0.691. The van der Waals surface area contributed by atoms with Gasteiger partial charge in [-0.15, -0.1) is 0 Å². The van der Waals surface area contributed by atoms with Crippen molar-refractivity contribution in [1.29, 1.82) is 0 Å². The zero-order valence-corrected chi connectivity index (χ0v) is 16.5. The second-order valence-electron chi connectivity index (χ2n) is 7.29. The van der Waals surface area contributed by atoms with E-state index in [9.17, 15) is 14.0 Å². The van der Waals surface area contributed by atoms with Crippen molar-refractivity contribution in [1.82, 2.24) is 19.8 Å². The Balaban J connectivity index is 1.68. The maximum atomic E-state index is 13.5. The van der Waals surface area contributed by atoms with Crippen LogP contribution in [0, 0.1) is 5.95 Å². The first kappa shape index (κ1) is 18.7. The lowest BCUT2D eigenvalue weighted by atomic mass is 9.85. The Morgan fingerprint density at radius 1 is 1.07 bits per heavy atom. The minimum Gasteiger partial charge on any atom is -0.309 e. The van der Waals surface area contributed by atoms with Crippen molar-refractivity contribution in [3.8, 4) is 0 Å². The van der Waals surface area contributed by atoms with Crippen LogP contribution in [-0.2, 0) is 12.1 Å². The van der Waals surface area contributed by atoms with Gasteiger partial charge in [-0.3, -0.25) is 14.6 Å². The lowest BCUT2D eigenvalue weighted by molar-refractivity contribution is 0.00713. The average Bonchev–Trinajstić information content (AvgIpc) is 3.15. The molecular weight excluding hydrogens is 407 g/mol. The van der Waals surface area contributed by atoms with Crippen LogP contribution >= 0.6 is 11.6 Å². The van der Waals surface area contributed by atoms with Crippen molar-refractivity contribution < 1.29 is 14.0 Å². The Hall–Kier alpha value is -3.32. The van der Waals surface area contributed by atoms with Crippen molar-refractivity contribution in [3.63, 3.8) is 0 Å². The SMILES string of the molecule is O=C(c1ccc(F)nc1)N1CCN2C(=O)c3ncccc3CC12c1ccc(Cl)cc1. The van der Waals surface area contributed by atoms with Crippen molar-refractivity contribution in [2.45, 2.75) is 12.1 Å². The van der Waals surface area contributed by atoms with E-state index in [4.69, 9.17) is 11.6 Å². The number of rotatable bonds is 2. The minimum absolute atomic E-state index is 0.223. The number of pyridine rings is 2. The molecule has 1 aromatic carbocycles. The molecule has 1 fully saturated rings. The van der Waals surface area contributed by atoms with Crippen molar-refractivity contribution in [3.05, 3.63) is 94.3 Å². The number of nitrogens with zero attached hydrogens (tertiary/aromatic N) is 4. The summed E-state index contributed by atoms with van der Waals surface area (Å²) in [5, 5.41) is 0.560. The molecule has 2 aromatic heterocycles. The fourth-order valence-electron chi connectivity index (χ4n) is 4.40. The van der Waals surface area contributed by atoms with E-state index in [1.165, 1.54) is 12.3 Å². The second-order valence-corrected chi connectivity index (χ2v) is 7.73. The standard InChI is InChI=1S/C22H16ClFN4O2/c23-17-6-4-16(5-7-17)22-12-14-2-1-9-25-19(14)21(30)28(22)11-10-27(22)20(29)15-3-8-18(24)26-13-15/h1-9,13H,10-12H2. The fourth-order valence-corrected chi connectivity index (χ4v) is 4.53. The molecule has 30 heavy (non-hydrogen) atoms. The first-order valence-corrected chi connectivity index (χ1v) is 9.84. The van der Waals surface area contributed by atoms with E-state index in [1.807, 2.05) is 18.2 Å². The Bertz CT molecular complexity index is 1150. The summed E-state index contributed by atoms with van der Waals surface area (Å²) in [7, 11) is 0. The average molecular weight is 423 g/mol. The molecule has 1 unspecified atom stereocenters. The van der Waals surface area contributed by atoms with E-state index in [0.717, 1.165) is 17.2 Å². The molecule has 0 spiro atoms. The van der Waals surface area contributed by atoms with Crippen LogP contribution in [-0.4, -0.2) is 44.7 Å². The second kappa shape index (κ2) is 6.88. The molecule has 6 nitrogen and oxygen atoms in total. The molecule has 0 aliphatic carbocycles. The molecule has 0 saturated carbocycles. The lowest BCUT2D eigenvalue weighted by Crippen LogP contribution is -2.58. The Kier molecular flexibility index (Phi) is 4.29. The number of aromatic nitrogens is 2. The van der Waals surface area contributed by atoms with Gasteiger partial charge >= 0.3 is 0 Å². The number of hydrogen-bond donors (Lipinski definition) is 0. The number of carbonyl (C=O) groups is 2. The number of benzene rings is 1.